The number of likely N-dealkylation sites (tertiary alicyclic amines) is 1. The molecule has 1 saturated heterocycles. The predicted octanol–water partition coefficient (Wildman–Crippen LogP) is 3.68. The molecule has 0 unspecified atom stereocenters. The van der Waals surface area contributed by atoms with E-state index in [-0.39, 0.29) is 59.6 Å². The summed E-state index contributed by atoms with van der Waals surface area (Å²) in [4.78, 5) is 58.6. The highest BCUT2D eigenvalue weighted by atomic mass is 16.5. The van der Waals surface area contributed by atoms with Crippen LogP contribution in [0.1, 0.15) is 86.6 Å². The highest BCUT2D eigenvalue weighted by molar-refractivity contribution is 6.05. The number of amides is 4. The number of nitrogens with one attached hydrogen (secondary N) is 3. The quantitative estimate of drug-likeness (QED) is 0.0830. The Hall–Kier alpha value is -3.75. The molecule has 0 aliphatic carbocycles. The molecule has 0 bridgehead atoms. The van der Waals surface area contributed by atoms with Crippen molar-refractivity contribution < 1.29 is 38.6 Å². The summed E-state index contributed by atoms with van der Waals surface area (Å²) >= 11 is 0. The number of nitrogens with zero attached hydrogens (tertiary/aromatic N) is 3. The third-order valence-corrected chi connectivity index (χ3v) is 11.0. The van der Waals surface area contributed by atoms with Crippen LogP contribution in [0.15, 0.2) is 29.4 Å². The Balaban J connectivity index is 2.27. The molecular weight excluding hydrogens is 692 g/mol. The third kappa shape index (κ3) is 11.6. The van der Waals surface area contributed by atoms with Crippen LogP contribution in [0.2, 0.25) is 0 Å². The van der Waals surface area contributed by atoms with E-state index < -0.39 is 42.3 Å². The molecular formula is C40H68N6O8. The molecule has 0 saturated carbocycles. The van der Waals surface area contributed by atoms with Gasteiger partial charge in [0.15, 0.2) is 0 Å². The molecule has 14 heteroatoms. The van der Waals surface area contributed by atoms with Crippen molar-refractivity contribution in [2.75, 3.05) is 42.0 Å². The summed E-state index contributed by atoms with van der Waals surface area (Å²) in [6, 6.07) is 4.34. The summed E-state index contributed by atoms with van der Waals surface area (Å²) in [6.07, 6.45) is 0.875. The van der Waals surface area contributed by atoms with Crippen molar-refractivity contribution >= 4 is 29.3 Å². The van der Waals surface area contributed by atoms with E-state index in [1.54, 1.807) is 76.2 Å². The smallest absolute Gasteiger partial charge is 0.245 e. The first kappa shape index (κ1) is 46.4. The van der Waals surface area contributed by atoms with Crippen molar-refractivity contribution in [2.45, 2.75) is 123 Å². The molecule has 1 aliphatic rings. The first-order valence-electron chi connectivity index (χ1n) is 19.3. The zero-order valence-electron chi connectivity index (χ0n) is 34.8. The van der Waals surface area contributed by atoms with Gasteiger partial charge in [-0.25, -0.2) is 0 Å². The number of likely N-dealkylation sites (N-methyl/N-ethyl adjacent to an activating group) is 2. The molecule has 1 heterocycles. The fourth-order valence-corrected chi connectivity index (χ4v) is 7.64. The molecule has 0 radical (unpaired) electrons. The van der Waals surface area contributed by atoms with Gasteiger partial charge in [0.25, 0.3) is 0 Å². The molecule has 1 fully saturated rings. The lowest BCUT2D eigenvalue weighted by atomic mass is 9.89. The van der Waals surface area contributed by atoms with Gasteiger partial charge in [-0.2, -0.15) is 0 Å². The summed E-state index contributed by atoms with van der Waals surface area (Å²) in [5.41, 5.74) is 0.868. The van der Waals surface area contributed by atoms with Crippen LogP contribution in [0.5, 0.6) is 5.75 Å². The average Bonchev–Trinajstić information content (AvgIpc) is 3.63. The van der Waals surface area contributed by atoms with Crippen LogP contribution < -0.4 is 20.7 Å². The van der Waals surface area contributed by atoms with E-state index in [9.17, 15) is 24.4 Å². The molecule has 1 aromatic carbocycles. The molecule has 0 spiro atoms. The van der Waals surface area contributed by atoms with Crippen molar-refractivity contribution in [2.24, 2.45) is 28.8 Å². The lowest BCUT2D eigenvalue weighted by Gasteiger charge is -2.41. The fourth-order valence-electron chi connectivity index (χ4n) is 7.64. The van der Waals surface area contributed by atoms with E-state index in [0.29, 0.717) is 24.3 Å². The number of ether oxygens (including phenoxy) is 3. The highest BCUT2D eigenvalue weighted by Crippen LogP contribution is 2.30. The zero-order valence-corrected chi connectivity index (χ0v) is 34.8. The Kier molecular flexibility index (Phi) is 18.9. The largest absolute Gasteiger partial charge is 0.497 e. The third-order valence-electron chi connectivity index (χ3n) is 11.0. The molecule has 306 valence electrons. The monoisotopic (exact) mass is 761 g/mol. The van der Waals surface area contributed by atoms with E-state index in [1.165, 1.54) is 7.11 Å². The molecule has 54 heavy (non-hydrogen) atoms. The molecule has 1 aliphatic heterocycles. The summed E-state index contributed by atoms with van der Waals surface area (Å²) in [6.45, 7) is 15.7. The maximum atomic E-state index is 14.2. The minimum absolute atomic E-state index is 0.0123. The normalized spacial score (nSPS) is 19.4. The van der Waals surface area contributed by atoms with Crippen molar-refractivity contribution in [3.63, 3.8) is 0 Å². The van der Waals surface area contributed by atoms with Crippen molar-refractivity contribution in [3.05, 3.63) is 29.8 Å². The van der Waals surface area contributed by atoms with Crippen LogP contribution in [-0.2, 0) is 28.7 Å². The number of carbonyl (C=O) groups excluding carboxylic acids is 4. The number of methoxy groups -OCH3 is 3. The lowest BCUT2D eigenvalue weighted by Crippen LogP contribution is -2.59. The zero-order chi connectivity index (χ0) is 40.9. The second kappa shape index (κ2) is 22.0. The molecule has 14 nitrogen and oxygen atoms in total. The van der Waals surface area contributed by atoms with Gasteiger partial charge in [-0.05, 0) is 56.7 Å². The Bertz CT molecular complexity index is 1410. The first-order chi connectivity index (χ1) is 25.5. The molecule has 9 atom stereocenters. The van der Waals surface area contributed by atoms with E-state index >= 15 is 0 Å². The fraction of sp³-hybridized carbons (Fsp3) is 0.725. The van der Waals surface area contributed by atoms with Crippen LogP contribution in [0.4, 0.5) is 0 Å². The number of carbonyl (C=O) groups is 4. The van der Waals surface area contributed by atoms with Crippen molar-refractivity contribution in [1.29, 1.82) is 0 Å². The second-order valence-electron chi connectivity index (χ2n) is 15.3. The maximum absolute atomic E-state index is 14.2. The molecule has 4 N–H and O–H groups in total. The Morgan fingerprint density at radius 3 is 2.13 bits per heavy atom. The lowest BCUT2D eigenvalue weighted by molar-refractivity contribution is -0.147. The number of rotatable bonds is 21. The summed E-state index contributed by atoms with van der Waals surface area (Å²) < 4.78 is 17.2. The van der Waals surface area contributed by atoms with Crippen LogP contribution >= 0.6 is 0 Å². The average molecular weight is 761 g/mol. The molecule has 1 aromatic rings. The van der Waals surface area contributed by atoms with Crippen molar-refractivity contribution in [1.82, 2.24) is 25.8 Å². The van der Waals surface area contributed by atoms with Gasteiger partial charge < -0.3 is 45.2 Å². The van der Waals surface area contributed by atoms with E-state index in [0.717, 1.165) is 12.8 Å². The Morgan fingerprint density at radius 2 is 1.61 bits per heavy atom. The van der Waals surface area contributed by atoms with E-state index in [2.05, 4.69) is 21.1 Å². The Labute approximate surface area is 323 Å². The topological polar surface area (TPSA) is 171 Å². The predicted molar refractivity (Wildman–Crippen MR) is 209 cm³/mol. The van der Waals surface area contributed by atoms with Crippen LogP contribution in [-0.4, -0.2) is 129 Å². The van der Waals surface area contributed by atoms with Gasteiger partial charge in [0, 0.05) is 33.4 Å². The van der Waals surface area contributed by atoms with Crippen LogP contribution in [0.25, 0.3) is 0 Å². The number of hydrogen-bond acceptors (Lipinski definition) is 10. The van der Waals surface area contributed by atoms with Gasteiger partial charge >= 0.3 is 0 Å². The van der Waals surface area contributed by atoms with Crippen LogP contribution in [0, 0.1) is 23.7 Å². The highest BCUT2D eigenvalue weighted by Gasteiger charge is 2.43. The summed E-state index contributed by atoms with van der Waals surface area (Å²) in [7, 11) is 8.08. The van der Waals surface area contributed by atoms with Gasteiger partial charge in [-0.1, -0.05) is 72.2 Å². The van der Waals surface area contributed by atoms with E-state index in [1.807, 2.05) is 41.5 Å². The standard InChI is InChI=1S/C40H68N6O8/c1-14-25(6)36(45(10)40(50)34(24(4)5)43-39(49)33(41-9)23(2)3)31(53-12)22-32(47)46-20-16-19-30(46)37(54-13)26(7)38(48)42-27(8)35(44-51)28-17-15-18-29(21-28)52-11/h15,17-18,21,23-27,30-31,33-34,36-37,41,51H,14,16,19-20,22H2,1-13H3,(H,42,48)(H,43,49)/b44-35-/t25-,26+,27+,30-,31+,33-,34-,36-,37+/m0/s1. The van der Waals surface area contributed by atoms with Crippen molar-refractivity contribution in [3.8, 4) is 5.75 Å². The summed E-state index contributed by atoms with van der Waals surface area (Å²) in [5, 5.41) is 22.3. The van der Waals surface area contributed by atoms with Crippen LogP contribution in [0.3, 0.4) is 0 Å². The number of hydrogen-bond donors (Lipinski definition) is 4. The van der Waals surface area contributed by atoms with Gasteiger partial charge in [-0.3, -0.25) is 19.2 Å². The first-order valence-corrected chi connectivity index (χ1v) is 19.3. The molecule has 2 rings (SSSR count). The van der Waals surface area contributed by atoms with E-state index in [4.69, 9.17) is 14.2 Å². The minimum atomic E-state index is -0.770. The number of oxime groups is 1. The van der Waals surface area contributed by atoms with Gasteiger partial charge in [0.05, 0.1) is 55.8 Å². The molecule has 0 aromatic heterocycles. The van der Waals surface area contributed by atoms with Gasteiger partial charge in [0.1, 0.15) is 17.5 Å². The summed E-state index contributed by atoms with van der Waals surface area (Å²) in [5.74, 6) is -1.21. The van der Waals surface area contributed by atoms with Gasteiger partial charge in [0.2, 0.25) is 23.6 Å². The van der Waals surface area contributed by atoms with Gasteiger partial charge in [-0.15, -0.1) is 0 Å². The second-order valence-corrected chi connectivity index (χ2v) is 15.3. The molecule has 4 amide bonds. The minimum Gasteiger partial charge on any atom is -0.497 e. The Morgan fingerprint density at radius 1 is 0.963 bits per heavy atom. The SMILES string of the molecule is CC[C@H](C)[C@@H]([C@@H](CC(=O)N1CCC[C@H]1[C@H](OC)[C@@H](C)C(=O)N[C@H](C)/C(=N/O)c1cccc(OC)c1)OC)N(C)C(=O)[C@@H](NC(=O)[C@@H](NC)C(C)C)C(C)C. The number of benzene rings is 1. The maximum Gasteiger partial charge on any atom is 0.245 e.